The lowest BCUT2D eigenvalue weighted by Gasteiger charge is -1.97. The van der Waals surface area contributed by atoms with Gasteiger partial charge in [0, 0.05) is 12.1 Å². The van der Waals surface area contributed by atoms with Gasteiger partial charge in [0.2, 0.25) is 6.54 Å². The lowest BCUT2D eigenvalue weighted by Crippen LogP contribution is -2.40. The number of aromatic hydroxyl groups is 1. The molecule has 2 rings (SSSR count). The first-order chi connectivity index (χ1) is 9.24. The van der Waals surface area contributed by atoms with Gasteiger partial charge in [-0.25, -0.2) is 5.43 Å². The van der Waals surface area contributed by atoms with Crippen molar-refractivity contribution in [2.75, 3.05) is 0 Å². The number of hydrogen-bond acceptors (Lipinski definition) is 3. The van der Waals surface area contributed by atoms with Crippen LogP contribution in [0.3, 0.4) is 0 Å². The van der Waals surface area contributed by atoms with Gasteiger partial charge in [-0.3, -0.25) is 4.79 Å². The van der Waals surface area contributed by atoms with Crippen LogP contribution < -0.4 is 9.99 Å². The van der Waals surface area contributed by atoms with Gasteiger partial charge in [-0.2, -0.15) is 9.67 Å². The van der Waals surface area contributed by atoms with Crippen molar-refractivity contribution >= 4 is 12.1 Å². The van der Waals surface area contributed by atoms with E-state index >= 15 is 0 Å². The van der Waals surface area contributed by atoms with Gasteiger partial charge in [0.15, 0.2) is 12.4 Å². The number of aromatic nitrogens is 1. The molecule has 0 bridgehead atoms. The smallest absolute Gasteiger partial charge is 0.305 e. The number of benzene rings is 1. The normalized spacial score (nSPS) is 10.5. The Balaban J connectivity index is 1.87. The molecule has 0 saturated heterocycles. The molecule has 96 valence electrons. The van der Waals surface area contributed by atoms with Crippen LogP contribution in [0, 0.1) is 0 Å². The first kappa shape index (κ1) is 12.8. The molecular weight excluding hydrogens is 242 g/mol. The maximum absolute atomic E-state index is 11.6. The number of nitrogens with one attached hydrogen (secondary N) is 1. The number of hydrogen-bond donors (Lipinski definition) is 2. The molecule has 5 heteroatoms. The molecule has 1 aromatic heterocycles. The Morgan fingerprint density at radius 2 is 2.05 bits per heavy atom. The van der Waals surface area contributed by atoms with Crippen molar-refractivity contribution in [3.63, 3.8) is 0 Å². The fourth-order valence-electron chi connectivity index (χ4n) is 1.52. The predicted molar refractivity (Wildman–Crippen MR) is 70.5 cm³/mol. The summed E-state index contributed by atoms with van der Waals surface area (Å²) in [5.74, 6) is -0.0530. The number of amides is 1. The van der Waals surface area contributed by atoms with Crippen LogP contribution in [0.5, 0.6) is 5.75 Å². The topological polar surface area (TPSA) is 65.6 Å². The van der Waals surface area contributed by atoms with Crippen molar-refractivity contribution in [2.45, 2.75) is 6.54 Å². The number of rotatable bonds is 4. The summed E-state index contributed by atoms with van der Waals surface area (Å²) in [6.45, 7) is 0.207. The summed E-state index contributed by atoms with van der Waals surface area (Å²) in [5.41, 5.74) is 3.14. The molecule has 1 aromatic carbocycles. The summed E-state index contributed by atoms with van der Waals surface area (Å²) in [5, 5.41) is 13.1. The van der Waals surface area contributed by atoms with Gasteiger partial charge in [-0.1, -0.05) is 18.2 Å². The Kier molecular flexibility index (Phi) is 4.23. The molecular formula is C14H14N3O2+. The summed E-state index contributed by atoms with van der Waals surface area (Å²) in [6.07, 6.45) is 5.09. The van der Waals surface area contributed by atoms with Crippen molar-refractivity contribution in [1.29, 1.82) is 0 Å². The number of carbonyl (C=O) groups is 1. The Morgan fingerprint density at radius 3 is 2.79 bits per heavy atom. The molecule has 0 radical (unpaired) electrons. The van der Waals surface area contributed by atoms with Crippen molar-refractivity contribution < 1.29 is 14.5 Å². The molecule has 0 aliphatic carbocycles. The second kappa shape index (κ2) is 6.30. The summed E-state index contributed by atoms with van der Waals surface area (Å²) in [4.78, 5) is 11.6. The SMILES string of the molecule is O=C(C[n+]1ccccc1)N/N=C\c1cccc(O)c1. The second-order valence-electron chi connectivity index (χ2n) is 3.94. The third-order valence-corrected chi connectivity index (χ3v) is 2.38. The second-order valence-corrected chi connectivity index (χ2v) is 3.94. The molecule has 0 saturated carbocycles. The van der Waals surface area contributed by atoms with Gasteiger partial charge in [0.25, 0.3) is 0 Å². The fourth-order valence-corrected chi connectivity index (χ4v) is 1.52. The molecule has 1 amide bonds. The van der Waals surface area contributed by atoms with Crippen LogP contribution in [0.25, 0.3) is 0 Å². The zero-order chi connectivity index (χ0) is 13.5. The molecule has 2 aromatic rings. The maximum atomic E-state index is 11.6. The molecule has 0 aliphatic rings. The number of carbonyl (C=O) groups excluding carboxylic acids is 1. The van der Waals surface area contributed by atoms with Gasteiger partial charge in [0.05, 0.1) is 6.21 Å². The fraction of sp³-hybridized carbons (Fsp3) is 0.0714. The number of phenolic OH excluding ortho intramolecular Hbond substituents is 1. The Morgan fingerprint density at radius 1 is 1.26 bits per heavy atom. The van der Waals surface area contributed by atoms with Crippen LogP contribution in [0.2, 0.25) is 0 Å². The first-order valence-electron chi connectivity index (χ1n) is 5.79. The highest BCUT2D eigenvalue weighted by Crippen LogP contribution is 2.08. The van der Waals surface area contributed by atoms with Gasteiger partial charge in [0.1, 0.15) is 5.75 Å². The van der Waals surface area contributed by atoms with E-state index in [1.54, 1.807) is 41.2 Å². The zero-order valence-electron chi connectivity index (χ0n) is 10.2. The zero-order valence-corrected chi connectivity index (χ0v) is 10.2. The molecule has 0 atom stereocenters. The van der Waals surface area contributed by atoms with Crippen LogP contribution in [0.15, 0.2) is 60.0 Å². The van der Waals surface area contributed by atoms with Crippen LogP contribution in [-0.2, 0) is 11.3 Å². The maximum Gasteiger partial charge on any atom is 0.305 e. The van der Waals surface area contributed by atoms with Gasteiger partial charge < -0.3 is 5.11 Å². The van der Waals surface area contributed by atoms with Gasteiger partial charge >= 0.3 is 5.91 Å². The number of pyridine rings is 1. The van der Waals surface area contributed by atoms with Crippen LogP contribution in [0.1, 0.15) is 5.56 Å². The molecule has 0 fully saturated rings. The number of hydrazone groups is 1. The van der Waals surface area contributed by atoms with E-state index in [9.17, 15) is 9.90 Å². The minimum atomic E-state index is -0.215. The van der Waals surface area contributed by atoms with Crippen molar-refractivity contribution in [1.82, 2.24) is 5.43 Å². The molecule has 0 aliphatic heterocycles. The molecule has 2 N–H and O–H groups in total. The molecule has 5 nitrogen and oxygen atoms in total. The van der Waals surface area contributed by atoms with Gasteiger partial charge in [-0.05, 0) is 17.7 Å². The van der Waals surface area contributed by atoms with E-state index in [1.807, 2.05) is 18.2 Å². The lowest BCUT2D eigenvalue weighted by atomic mass is 10.2. The van der Waals surface area contributed by atoms with E-state index in [0.717, 1.165) is 0 Å². The predicted octanol–water partition coefficient (Wildman–Crippen LogP) is 0.830. The number of nitrogens with zero attached hydrogens (tertiary/aromatic N) is 2. The van der Waals surface area contributed by atoms with Crippen LogP contribution in [0.4, 0.5) is 0 Å². The van der Waals surface area contributed by atoms with Crippen LogP contribution >= 0.6 is 0 Å². The summed E-state index contributed by atoms with van der Waals surface area (Å²) in [6, 6.07) is 12.2. The van der Waals surface area contributed by atoms with Gasteiger partial charge in [-0.15, -0.1) is 0 Å². The third-order valence-electron chi connectivity index (χ3n) is 2.38. The quantitative estimate of drug-likeness (QED) is 0.483. The van der Waals surface area contributed by atoms with Crippen LogP contribution in [-0.4, -0.2) is 17.2 Å². The monoisotopic (exact) mass is 256 g/mol. The Labute approximate surface area is 110 Å². The van der Waals surface area contributed by atoms with Crippen molar-refractivity contribution in [2.24, 2.45) is 5.10 Å². The highest BCUT2D eigenvalue weighted by atomic mass is 16.3. The largest absolute Gasteiger partial charge is 0.508 e. The van der Waals surface area contributed by atoms with Crippen molar-refractivity contribution in [3.05, 3.63) is 60.4 Å². The van der Waals surface area contributed by atoms with E-state index < -0.39 is 0 Å². The standard InChI is InChI=1S/C14H13N3O2/c18-13-6-4-5-12(9-13)10-15-16-14(19)11-17-7-2-1-3-8-17/h1-10H,11H2,(H-,16,18,19)/p+1/b15-10-. The van der Waals surface area contributed by atoms with E-state index in [0.29, 0.717) is 5.56 Å². The highest BCUT2D eigenvalue weighted by molar-refractivity contribution is 5.82. The summed E-state index contributed by atoms with van der Waals surface area (Å²) < 4.78 is 1.75. The van der Waals surface area contributed by atoms with E-state index in [-0.39, 0.29) is 18.2 Å². The van der Waals surface area contributed by atoms with E-state index in [4.69, 9.17) is 0 Å². The first-order valence-corrected chi connectivity index (χ1v) is 5.79. The minimum Gasteiger partial charge on any atom is -0.508 e. The Hall–Kier alpha value is -2.69. The lowest BCUT2D eigenvalue weighted by molar-refractivity contribution is -0.684. The summed E-state index contributed by atoms with van der Waals surface area (Å²) in [7, 11) is 0. The summed E-state index contributed by atoms with van der Waals surface area (Å²) >= 11 is 0. The average Bonchev–Trinajstić information content (AvgIpc) is 2.40. The molecule has 19 heavy (non-hydrogen) atoms. The third kappa shape index (κ3) is 4.23. The van der Waals surface area contributed by atoms with E-state index in [2.05, 4.69) is 10.5 Å². The minimum absolute atomic E-state index is 0.162. The van der Waals surface area contributed by atoms with E-state index in [1.165, 1.54) is 6.21 Å². The highest BCUT2D eigenvalue weighted by Gasteiger charge is 2.06. The molecule has 0 spiro atoms. The molecule has 1 heterocycles. The average molecular weight is 256 g/mol. The Bertz CT molecular complexity index is 582. The van der Waals surface area contributed by atoms with Crippen molar-refractivity contribution in [3.8, 4) is 5.75 Å². The number of phenols is 1. The molecule has 0 unspecified atom stereocenters.